The van der Waals surface area contributed by atoms with Gasteiger partial charge in [-0.3, -0.25) is 0 Å². The Morgan fingerprint density at radius 1 is 0.958 bits per heavy atom. The van der Waals surface area contributed by atoms with E-state index in [9.17, 15) is 5.11 Å². The molecule has 24 heavy (non-hydrogen) atoms. The molecule has 1 nitrogen and oxygen atoms in total. The van der Waals surface area contributed by atoms with Crippen molar-refractivity contribution in [3.8, 4) is 5.75 Å². The minimum atomic E-state index is 0.455. The van der Waals surface area contributed by atoms with Gasteiger partial charge in [-0.25, -0.2) is 0 Å². The number of aromatic hydroxyl groups is 1. The summed E-state index contributed by atoms with van der Waals surface area (Å²) >= 11 is 0. The van der Waals surface area contributed by atoms with Crippen molar-refractivity contribution in [1.82, 2.24) is 0 Å². The minimum absolute atomic E-state index is 0.455. The normalized spacial score (nSPS) is 16.3. The molecule has 1 aliphatic carbocycles. The van der Waals surface area contributed by atoms with Crippen molar-refractivity contribution in [3.63, 3.8) is 0 Å². The molecule has 0 radical (unpaired) electrons. The molecule has 0 aliphatic heterocycles. The van der Waals surface area contributed by atoms with E-state index in [0.717, 1.165) is 18.4 Å². The summed E-state index contributed by atoms with van der Waals surface area (Å²) in [5, 5.41) is 10.3. The second-order valence-corrected chi connectivity index (χ2v) is 9.60. The molecule has 1 fully saturated rings. The Balaban J connectivity index is 1.65. The van der Waals surface area contributed by atoms with Gasteiger partial charge in [0.1, 0.15) is 5.75 Å². The molecule has 0 amide bonds. The van der Waals surface area contributed by atoms with Crippen LogP contribution in [0.4, 0.5) is 0 Å². The van der Waals surface area contributed by atoms with Gasteiger partial charge in [-0.2, -0.15) is 0 Å². The number of benzene rings is 1. The zero-order valence-corrected chi connectivity index (χ0v) is 16.5. The van der Waals surface area contributed by atoms with Crippen LogP contribution in [0.15, 0.2) is 18.2 Å². The molecule has 0 bridgehead atoms. The Morgan fingerprint density at radius 2 is 1.67 bits per heavy atom. The molecule has 0 atom stereocenters. The summed E-state index contributed by atoms with van der Waals surface area (Å²) in [4.78, 5) is 0. The first-order chi connectivity index (χ1) is 11.3. The van der Waals surface area contributed by atoms with Crippen LogP contribution in [0.5, 0.6) is 5.75 Å². The third-order valence-electron chi connectivity index (χ3n) is 5.62. The molecular weight excluding hydrogens is 292 g/mol. The van der Waals surface area contributed by atoms with Gasteiger partial charge < -0.3 is 5.11 Å². The van der Waals surface area contributed by atoms with E-state index in [0.29, 0.717) is 16.6 Å². The topological polar surface area (TPSA) is 20.2 Å². The van der Waals surface area contributed by atoms with Gasteiger partial charge >= 0.3 is 0 Å². The highest BCUT2D eigenvalue weighted by Gasteiger charge is 2.35. The van der Waals surface area contributed by atoms with Gasteiger partial charge in [0.05, 0.1) is 0 Å². The van der Waals surface area contributed by atoms with Crippen LogP contribution in [0.2, 0.25) is 0 Å². The van der Waals surface area contributed by atoms with E-state index in [1.165, 1.54) is 63.4 Å². The Bertz CT molecular complexity index is 505. The lowest BCUT2D eigenvalue weighted by molar-refractivity contribution is 0.358. The maximum Gasteiger partial charge on any atom is 0.119 e. The maximum absolute atomic E-state index is 10.3. The molecule has 0 aromatic heterocycles. The standard InChI is InChI=1S/C23H38O/c1-22(2,3)14-8-5-6-10-19-12-13-20(21(24)18-19)11-7-9-15-23(4)16-17-23/h12-13,18,24H,5-11,14-17H2,1-4H3. The summed E-state index contributed by atoms with van der Waals surface area (Å²) in [6.45, 7) is 9.35. The smallest absolute Gasteiger partial charge is 0.119 e. The SMILES string of the molecule is CC(C)(C)CCCCCc1ccc(CCCCC2(C)CC2)c(O)c1. The molecule has 1 aromatic rings. The van der Waals surface area contributed by atoms with Gasteiger partial charge in [0, 0.05) is 0 Å². The van der Waals surface area contributed by atoms with Gasteiger partial charge in [-0.1, -0.05) is 59.1 Å². The third kappa shape index (κ3) is 7.28. The van der Waals surface area contributed by atoms with E-state index in [4.69, 9.17) is 0 Å². The Morgan fingerprint density at radius 3 is 2.29 bits per heavy atom. The molecule has 1 aromatic carbocycles. The lowest BCUT2D eigenvalue weighted by Gasteiger charge is -2.17. The summed E-state index contributed by atoms with van der Waals surface area (Å²) in [6.07, 6.45) is 13.9. The van der Waals surface area contributed by atoms with Crippen LogP contribution in [-0.2, 0) is 12.8 Å². The first-order valence-corrected chi connectivity index (χ1v) is 10.1. The Hall–Kier alpha value is -0.980. The summed E-state index contributed by atoms with van der Waals surface area (Å²) in [6, 6.07) is 6.38. The fraction of sp³-hybridized carbons (Fsp3) is 0.739. The first kappa shape index (κ1) is 19.3. The highest BCUT2D eigenvalue weighted by Crippen LogP contribution is 2.49. The highest BCUT2D eigenvalue weighted by molar-refractivity contribution is 5.36. The zero-order valence-electron chi connectivity index (χ0n) is 16.5. The molecular formula is C23H38O. The Labute approximate surface area is 149 Å². The number of phenols is 1. The zero-order chi connectivity index (χ0) is 17.6. The van der Waals surface area contributed by atoms with E-state index >= 15 is 0 Å². The van der Waals surface area contributed by atoms with Crippen LogP contribution in [0.1, 0.15) is 96.6 Å². The number of aryl methyl sites for hydroxylation is 2. The average Bonchev–Trinajstić information content (AvgIpc) is 3.22. The van der Waals surface area contributed by atoms with Crippen molar-refractivity contribution in [2.45, 2.75) is 98.3 Å². The van der Waals surface area contributed by atoms with Crippen LogP contribution < -0.4 is 0 Å². The summed E-state index contributed by atoms with van der Waals surface area (Å²) in [7, 11) is 0. The molecule has 1 heteroatoms. The summed E-state index contributed by atoms with van der Waals surface area (Å²) < 4.78 is 0. The van der Waals surface area contributed by atoms with Gasteiger partial charge in [-0.15, -0.1) is 0 Å². The molecule has 1 saturated carbocycles. The van der Waals surface area contributed by atoms with Crippen LogP contribution in [-0.4, -0.2) is 5.11 Å². The summed E-state index contributed by atoms with van der Waals surface area (Å²) in [5.41, 5.74) is 3.54. The van der Waals surface area contributed by atoms with Crippen LogP contribution in [0.25, 0.3) is 0 Å². The van der Waals surface area contributed by atoms with Crippen LogP contribution >= 0.6 is 0 Å². The van der Waals surface area contributed by atoms with E-state index in [1.807, 2.05) is 6.07 Å². The Kier molecular flexibility index (Phi) is 6.78. The number of hydrogen-bond donors (Lipinski definition) is 1. The molecule has 136 valence electrons. The fourth-order valence-corrected chi connectivity index (χ4v) is 3.47. The van der Waals surface area contributed by atoms with Crippen molar-refractivity contribution in [2.75, 3.05) is 0 Å². The highest BCUT2D eigenvalue weighted by atomic mass is 16.3. The molecule has 0 unspecified atom stereocenters. The monoisotopic (exact) mass is 330 g/mol. The number of rotatable bonds is 10. The van der Waals surface area contributed by atoms with Crippen molar-refractivity contribution in [3.05, 3.63) is 29.3 Å². The largest absolute Gasteiger partial charge is 0.508 e. The average molecular weight is 331 g/mol. The third-order valence-corrected chi connectivity index (χ3v) is 5.62. The number of phenolic OH excluding ortho intramolecular Hbond substituents is 1. The van der Waals surface area contributed by atoms with E-state index in [1.54, 1.807) is 0 Å². The van der Waals surface area contributed by atoms with Crippen molar-refractivity contribution in [2.24, 2.45) is 10.8 Å². The number of unbranched alkanes of at least 4 members (excludes halogenated alkanes) is 3. The van der Waals surface area contributed by atoms with Crippen molar-refractivity contribution < 1.29 is 5.11 Å². The second-order valence-electron chi connectivity index (χ2n) is 9.60. The minimum Gasteiger partial charge on any atom is -0.508 e. The molecule has 0 spiro atoms. The second kappa shape index (κ2) is 8.41. The van der Waals surface area contributed by atoms with Crippen molar-refractivity contribution in [1.29, 1.82) is 0 Å². The van der Waals surface area contributed by atoms with Gasteiger partial charge in [0.15, 0.2) is 0 Å². The lowest BCUT2D eigenvalue weighted by Crippen LogP contribution is -2.04. The van der Waals surface area contributed by atoms with Crippen LogP contribution in [0, 0.1) is 10.8 Å². The predicted octanol–water partition coefficient (Wildman–Crippen LogP) is 7.05. The lowest BCUT2D eigenvalue weighted by atomic mass is 9.89. The molecule has 1 N–H and O–H groups in total. The van der Waals surface area contributed by atoms with E-state index < -0.39 is 0 Å². The fourth-order valence-electron chi connectivity index (χ4n) is 3.47. The van der Waals surface area contributed by atoms with Gasteiger partial charge in [0.2, 0.25) is 0 Å². The molecule has 0 saturated heterocycles. The molecule has 1 aliphatic rings. The maximum atomic E-state index is 10.3. The molecule has 2 rings (SSSR count). The van der Waals surface area contributed by atoms with Crippen LogP contribution in [0.3, 0.4) is 0 Å². The number of hydrogen-bond acceptors (Lipinski definition) is 1. The van der Waals surface area contributed by atoms with Crippen molar-refractivity contribution >= 4 is 0 Å². The predicted molar refractivity (Wildman–Crippen MR) is 105 cm³/mol. The van der Waals surface area contributed by atoms with E-state index in [2.05, 4.69) is 39.8 Å². The summed E-state index contributed by atoms with van der Waals surface area (Å²) in [5.74, 6) is 0.514. The van der Waals surface area contributed by atoms with E-state index in [-0.39, 0.29) is 0 Å². The van der Waals surface area contributed by atoms with Gasteiger partial charge in [0.25, 0.3) is 0 Å². The quantitative estimate of drug-likeness (QED) is 0.455. The van der Waals surface area contributed by atoms with Gasteiger partial charge in [-0.05, 0) is 79.4 Å². The first-order valence-electron chi connectivity index (χ1n) is 10.1. The molecule has 0 heterocycles.